The normalized spacial score (nSPS) is 16.4. The second kappa shape index (κ2) is 6.67. The molecule has 1 amide bonds. The molecule has 1 aliphatic rings. The molecule has 0 aliphatic carbocycles. The number of amides is 1. The number of rotatable bonds is 4. The van der Waals surface area contributed by atoms with E-state index in [0.29, 0.717) is 11.7 Å². The van der Waals surface area contributed by atoms with Crippen LogP contribution in [0.25, 0.3) is 11.0 Å². The molecule has 0 spiro atoms. The van der Waals surface area contributed by atoms with E-state index in [1.807, 2.05) is 55.9 Å². The van der Waals surface area contributed by atoms with E-state index >= 15 is 0 Å². The molecule has 0 bridgehead atoms. The van der Waals surface area contributed by atoms with Gasteiger partial charge < -0.3 is 19.9 Å². The molecule has 1 aliphatic heterocycles. The van der Waals surface area contributed by atoms with Crippen molar-refractivity contribution < 1.29 is 9.90 Å². The highest BCUT2D eigenvalue weighted by molar-refractivity contribution is 5.94. The van der Waals surface area contributed by atoms with Crippen LogP contribution in [0.3, 0.4) is 0 Å². The molecular formula is C19H28N4O2. The van der Waals surface area contributed by atoms with Crippen LogP contribution in [0.15, 0.2) is 18.2 Å². The number of aromatic nitrogens is 2. The van der Waals surface area contributed by atoms with Crippen molar-refractivity contribution in [3.8, 4) is 0 Å². The van der Waals surface area contributed by atoms with Gasteiger partial charge in [-0.1, -0.05) is 0 Å². The highest BCUT2D eigenvalue weighted by atomic mass is 16.3. The van der Waals surface area contributed by atoms with E-state index < -0.39 is 5.60 Å². The minimum absolute atomic E-state index is 0.0377. The molecule has 0 atom stereocenters. The summed E-state index contributed by atoms with van der Waals surface area (Å²) in [6.07, 6.45) is 2.65. The summed E-state index contributed by atoms with van der Waals surface area (Å²) >= 11 is 0. The first-order valence-corrected chi connectivity index (χ1v) is 8.92. The Morgan fingerprint density at radius 3 is 2.64 bits per heavy atom. The lowest BCUT2D eigenvalue weighted by Gasteiger charge is -2.34. The highest BCUT2D eigenvalue weighted by Gasteiger charge is 2.28. The second-order valence-corrected chi connectivity index (χ2v) is 7.93. The summed E-state index contributed by atoms with van der Waals surface area (Å²) in [5.41, 5.74) is 2.11. The number of carbonyl (C=O) groups excluding carboxylic acids is 1. The Kier molecular flexibility index (Phi) is 4.73. The quantitative estimate of drug-likeness (QED) is 0.894. The molecule has 136 valence electrons. The highest BCUT2D eigenvalue weighted by Crippen LogP contribution is 2.27. The average Bonchev–Trinajstić information content (AvgIpc) is 2.96. The molecule has 0 saturated carbocycles. The van der Waals surface area contributed by atoms with E-state index in [9.17, 15) is 9.90 Å². The third-order valence-electron chi connectivity index (χ3n) is 4.88. The summed E-state index contributed by atoms with van der Waals surface area (Å²) < 4.78 is 0. The second-order valence-electron chi connectivity index (χ2n) is 7.93. The molecule has 2 N–H and O–H groups in total. The van der Waals surface area contributed by atoms with Gasteiger partial charge in [0.05, 0.1) is 16.6 Å². The Morgan fingerprint density at radius 1 is 1.36 bits per heavy atom. The lowest BCUT2D eigenvalue weighted by Crippen LogP contribution is -2.40. The van der Waals surface area contributed by atoms with E-state index in [2.05, 4.69) is 9.97 Å². The van der Waals surface area contributed by atoms with Crippen LogP contribution in [-0.2, 0) is 0 Å². The summed E-state index contributed by atoms with van der Waals surface area (Å²) in [6, 6.07) is 5.96. The molecule has 1 aromatic heterocycles. The number of hydrogen-bond donors (Lipinski definition) is 2. The van der Waals surface area contributed by atoms with Gasteiger partial charge >= 0.3 is 0 Å². The number of benzene rings is 1. The molecule has 1 fully saturated rings. The van der Waals surface area contributed by atoms with Gasteiger partial charge in [0.1, 0.15) is 0 Å². The molecule has 0 unspecified atom stereocenters. The van der Waals surface area contributed by atoms with Gasteiger partial charge in [-0.25, -0.2) is 4.98 Å². The van der Waals surface area contributed by atoms with Crippen molar-refractivity contribution in [3.05, 3.63) is 24.0 Å². The molecule has 3 rings (SSSR count). The summed E-state index contributed by atoms with van der Waals surface area (Å²) in [4.78, 5) is 24.3. The van der Waals surface area contributed by atoms with Crippen LogP contribution in [0.4, 0.5) is 5.69 Å². The molecule has 2 aromatic rings. The van der Waals surface area contributed by atoms with Crippen molar-refractivity contribution in [1.29, 1.82) is 0 Å². The van der Waals surface area contributed by atoms with Crippen LogP contribution in [-0.4, -0.2) is 58.7 Å². The number of H-pyrrole nitrogens is 1. The van der Waals surface area contributed by atoms with E-state index in [0.717, 1.165) is 49.1 Å². The van der Waals surface area contributed by atoms with Crippen LogP contribution in [0, 0.1) is 5.92 Å². The maximum atomic E-state index is 12.8. The molecule has 25 heavy (non-hydrogen) atoms. The Labute approximate surface area is 148 Å². The molecule has 1 aromatic carbocycles. The van der Waals surface area contributed by atoms with Crippen LogP contribution in [0.1, 0.15) is 43.7 Å². The summed E-state index contributed by atoms with van der Waals surface area (Å²) in [5, 5.41) is 9.97. The number of nitrogens with zero attached hydrogens (tertiary/aromatic N) is 3. The van der Waals surface area contributed by atoms with Crippen LogP contribution in [0.5, 0.6) is 0 Å². The maximum absolute atomic E-state index is 12.8. The maximum Gasteiger partial charge on any atom is 0.289 e. The molecule has 6 heteroatoms. The molecule has 1 saturated heterocycles. The summed E-state index contributed by atoms with van der Waals surface area (Å²) in [5.74, 6) is 0.846. The van der Waals surface area contributed by atoms with Crippen molar-refractivity contribution in [2.75, 3.05) is 32.1 Å². The van der Waals surface area contributed by atoms with E-state index in [1.54, 1.807) is 0 Å². The minimum atomic E-state index is -0.639. The van der Waals surface area contributed by atoms with Gasteiger partial charge in [0.15, 0.2) is 5.82 Å². The number of aromatic amines is 1. The SMILES string of the molecule is CN(C)c1ccc2[nH]c(C(=O)N3CCC(CC(C)(C)O)CC3)nc2c1. The number of carbonyl (C=O) groups is 1. The Hall–Kier alpha value is -2.08. The van der Waals surface area contributed by atoms with Gasteiger partial charge in [-0.2, -0.15) is 0 Å². The number of imidazole rings is 1. The predicted octanol–water partition coefficient (Wildman–Crippen LogP) is 2.64. The van der Waals surface area contributed by atoms with Crippen LogP contribution < -0.4 is 4.90 Å². The lowest BCUT2D eigenvalue weighted by atomic mass is 9.86. The van der Waals surface area contributed by atoms with Gasteiger partial charge in [-0.3, -0.25) is 4.79 Å². The fraction of sp³-hybridized carbons (Fsp3) is 0.579. The standard InChI is InChI=1S/C19H28N4O2/c1-19(2,25)12-13-7-9-23(10-8-13)18(24)17-20-15-6-5-14(22(3)4)11-16(15)21-17/h5-6,11,13,25H,7-10,12H2,1-4H3,(H,20,21). The number of piperidine rings is 1. The number of aliphatic hydroxyl groups is 1. The van der Waals surface area contributed by atoms with Crippen molar-refractivity contribution in [3.63, 3.8) is 0 Å². The number of fused-ring (bicyclic) bond motifs is 1. The van der Waals surface area contributed by atoms with Crippen molar-refractivity contribution in [1.82, 2.24) is 14.9 Å². The van der Waals surface area contributed by atoms with Crippen LogP contribution >= 0.6 is 0 Å². The van der Waals surface area contributed by atoms with Gasteiger partial charge in [0, 0.05) is 32.9 Å². The first kappa shape index (κ1) is 17.7. The van der Waals surface area contributed by atoms with E-state index in [4.69, 9.17) is 0 Å². The molecule has 6 nitrogen and oxygen atoms in total. The Balaban J connectivity index is 1.68. The number of nitrogens with one attached hydrogen (secondary N) is 1. The monoisotopic (exact) mass is 344 g/mol. The summed E-state index contributed by atoms with van der Waals surface area (Å²) in [6.45, 7) is 5.14. The zero-order chi connectivity index (χ0) is 18.2. The lowest BCUT2D eigenvalue weighted by molar-refractivity contribution is 0.0355. The minimum Gasteiger partial charge on any atom is -0.390 e. The Bertz CT molecular complexity index is 752. The first-order chi connectivity index (χ1) is 11.7. The molecule has 2 heterocycles. The third-order valence-corrected chi connectivity index (χ3v) is 4.88. The fourth-order valence-corrected chi connectivity index (χ4v) is 3.57. The number of hydrogen-bond acceptors (Lipinski definition) is 4. The predicted molar refractivity (Wildman–Crippen MR) is 100.0 cm³/mol. The average molecular weight is 344 g/mol. The Morgan fingerprint density at radius 2 is 2.04 bits per heavy atom. The van der Waals surface area contributed by atoms with Crippen molar-refractivity contribution in [2.24, 2.45) is 5.92 Å². The van der Waals surface area contributed by atoms with Crippen molar-refractivity contribution in [2.45, 2.75) is 38.7 Å². The zero-order valence-corrected chi connectivity index (χ0v) is 15.5. The number of likely N-dealkylation sites (tertiary alicyclic amines) is 1. The summed E-state index contributed by atoms with van der Waals surface area (Å²) in [7, 11) is 3.97. The third kappa shape index (κ3) is 4.12. The van der Waals surface area contributed by atoms with Gasteiger partial charge in [-0.15, -0.1) is 0 Å². The number of anilines is 1. The van der Waals surface area contributed by atoms with E-state index in [-0.39, 0.29) is 5.91 Å². The molecular weight excluding hydrogens is 316 g/mol. The smallest absolute Gasteiger partial charge is 0.289 e. The largest absolute Gasteiger partial charge is 0.390 e. The van der Waals surface area contributed by atoms with Crippen LogP contribution in [0.2, 0.25) is 0 Å². The van der Waals surface area contributed by atoms with E-state index in [1.165, 1.54) is 0 Å². The zero-order valence-electron chi connectivity index (χ0n) is 15.5. The van der Waals surface area contributed by atoms with Gasteiger partial charge in [0.25, 0.3) is 5.91 Å². The van der Waals surface area contributed by atoms with Crippen molar-refractivity contribution >= 4 is 22.6 Å². The topological polar surface area (TPSA) is 72.5 Å². The van der Waals surface area contributed by atoms with Gasteiger partial charge in [0.2, 0.25) is 0 Å². The fourth-order valence-electron chi connectivity index (χ4n) is 3.57. The van der Waals surface area contributed by atoms with Gasteiger partial charge in [-0.05, 0) is 57.2 Å². The first-order valence-electron chi connectivity index (χ1n) is 8.92. The molecule has 0 radical (unpaired) electrons.